The smallest absolute Gasteiger partial charge is 0.207 e. The van der Waals surface area contributed by atoms with Crippen LogP contribution in [-0.2, 0) is 4.79 Å². The van der Waals surface area contributed by atoms with Crippen molar-refractivity contribution in [2.24, 2.45) is 5.92 Å². The van der Waals surface area contributed by atoms with Crippen molar-refractivity contribution in [2.75, 3.05) is 19.7 Å². The number of nitrogens with zero attached hydrogens (tertiary/aromatic N) is 2. The summed E-state index contributed by atoms with van der Waals surface area (Å²) in [5, 5.41) is 2.85. The van der Waals surface area contributed by atoms with Crippen molar-refractivity contribution in [1.29, 1.82) is 0 Å². The zero-order valence-corrected chi connectivity index (χ0v) is 19.8. The van der Waals surface area contributed by atoms with Crippen LogP contribution in [0.3, 0.4) is 0 Å². The molecule has 1 fully saturated rings. The van der Waals surface area contributed by atoms with Gasteiger partial charge in [0.2, 0.25) is 6.41 Å². The van der Waals surface area contributed by atoms with Crippen molar-refractivity contribution >= 4 is 18.4 Å². The SMILES string of the molecule is CC(C)CCCOc1ccc(F)cc1F.Cc1ccncc1SN1CCC(NC=O)CC1. The van der Waals surface area contributed by atoms with Crippen molar-refractivity contribution in [1.82, 2.24) is 14.6 Å². The molecule has 176 valence electrons. The van der Waals surface area contributed by atoms with E-state index < -0.39 is 11.6 Å². The Labute approximate surface area is 194 Å². The minimum absolute atomic E-state index is 0.125. The summed E-state index contributed by atoms with van der Waals surface area (Å²) in [7, 11) is 0. The first-order valence-electron chi connectivity index (χ1n) is 11.0. The Hall–Kier alpha value is -2.19. The molecule has 8 heteroatoms. The van der Waals surface area contributed by atoms with Crippen molar-refractivity contribution in [2.45, 2.75) is 57.4 Å². The Morgan fingerprint density at radius 3 is 2.66 bits per heavy atom. The number of aryl methyl sites for hydroxylation is 1. The van der Waals surface area contributed by atoms with Gasteiger partial charge in [-0.1, -0.05) is 13.8 Å². The van der Waals surface area contributed by atoms with Crippen molar-refractivity contribution in [3.63, 3.8) is 0 Å². The molecule has 0 atom stereocenters. The van der Waals surface area contributed by atoms with Crippen LogP contribution in [0.5, 0.6) is 5.75 Å². The van der Waals surface area contributed by atoms with Crippen LogP contribution >= 0.6 is 11.9 Å². The molecule has 2 aromatic rings. The second-order valence-corrected chi connectivity index (χ2v) is 9.32. The highest BCUT2D eigenvalue weighted by molar-refractivity contribution is 7.97. The number of carbonyl (C=O) groups is 1. The Bertz CT molecular complexity index is 831. The van der Waals surface area contributed by atoms with Gasteiger partial charge in [0.25, 0.3) is 0 Å². The lowest BCUT2D eigenvalue weighted by Gasteiger charge is -2.30. The first-order valence-corrected chi connectivity index (χ1v) is 11.8. The summed E-state index contributed by atoms with van der Waals surface area (Å²) < 4.78 is 33.2. The summed E-state index contributed by atoms with van der Waals surface area (Å²) in [6.07, 6.45) is 8.50. The van der Waals surface area contributed by atoms with Gasteiger partial charge in [0.05, 0.1) is 6.61 Å². The van der Waals surface area contributed by atoms with Crippen molar-refractivity contribution in [3.05, 3.63) is 53.9 Å². The van der Waals surface area contributed by atoms with Crippen LogP contribution in [0.2, 0.25) is 0 Å². The van der Waals surface area contributed by atoms with Crippen LogP contribution in [-0.4, -0.2) is 41.4 Å². The van der Waals surface area contributed by atoms with Gasteiger partial charge in [-0.2, -0.15) is 0 Å². The predicted octanol–water partition coefficient (Wildman–Crippen LogP) is 5.39. The van der Waals surface area contributed by atoms with Crippen LogP contribution < -0.4 is 10.1 Å². The highest BCUT2D eigenvalue weighted by atomic mass is 32.2. The summed E-state index contributed by atoms with van der Waals surface area (Å²) >= 11 is 1.77. The van der Waals surface area contributed by atoms with Gasteiger partial charge in [-0.15, -0.1) is 0 Å². The topological polar surface area (TPSA) is 54.5 Å². The van der Waals surface area contributed by atoms with E-state index in [1.807, 2.05) is 18.5 Å². The normalized spacial score (nSPS) is 14.6. The van der Waals surface area contributed by atoms with Crippen LogP contribution in [0.15, 0.2) is 41.6 Å². The molecular formula is C24H33F2N3O2S. The van der Waals surface area contributed by atoms with Gasteiger partial charge >= 0.3 is 0 Å². The second kappa shape index (κ2) is 14.1. The summed E-state index contributed by atoms with van der Waals surface area (Å²) in [5.41, 5.74) is 1.26. The van der Waals surface area contributed by atoms with Gasteiger partial charge in [0.1, 0.15) is 5.82 Å². The zero-order chi connectivity index (χ0) is 23.3. The summed E-state index contributed by atoms with van der Waals surface area (Å²) in [6.45, 7) is 8.83. The first-order chi connectivity index (χ1) is 15.4. The fraction of sp³-hybridized carbons (Fsp3) is 0.500. The van der Waals surface area contributed by atoms with E-state index in [1.165, 1.54) is 22.6 Å². The van der Waals surface area contributed by atoms with Gasteiger partial charge in [-0.05, 0) is 74.2 Å². The number of benzene rings is 1. The zero-order valence-electron chi connectivity index (χ0n) is 19.0. The molecule has 3 rings (SSSR count). The van der Waals surface area contributed by atoms with E-state index in [0.29, 0.717) is 18.6 Å². The Kier molecular flexibility index (Phi) is 11.5. The third-order valence-corrected chi connectivity index (χ3v) is 6.30. The van der Waals surface area contributed by atoms with Crippen LogP contribution in [0.1, 0.15) is 45.1 Å². The lowest BCUT2D eigenvalue weighted by molar-refractivity contribution is -0.110. The molecule has 0 radical (unpaired) electrons. The standard InChI is InChI=1S/C12H16F2O.C12H17N3OS/c1-9(2)4-3-7-15-12-6-5-10(13)8-11(12)14;1-10-2-5-13-8-12(10)17-15-6-3-11(4-7-15)14-9-16/h5-6,8-9H,3-4,7H2,1-2H3;2,5,8-9,11H,3-4,6-7H2,1H3,(H,14,16). The number of aromatic nitrogens is 1. The van der Waals surface area contributed by atoms with E-state index >= 15 is 0 Å². The largest absolute Gasteiger partial charge is 0.491 e. The number of hydrogen-bond acceptors (Lipinski definition) is 5. The Morgan fingerprint density at radius 1 is 1.28 bits per heavy atom. The molecule has 0 aliphatic carbocycles. The summed E-state index contributed by atoms with van der Waals surface area (Å²) in [6, 6.07) is 5.72. The number of rotatable bonds is 9. The van der Waals surface area contributed by atoms with E-state index in [4.69, 9.17) is 4.74 Å². The highest BCUT2D eigenvalue weighted by Gasteiger charge is 2.19. The highest BCUT2D eigenvalue weighted by Crippen LogP contribution is 2.27. The van der Waals surface area contributed by atoms with E-state index in [2.05, 4.69) is 35.4 Å². The lowest BCUT2D eigenvalue weighted by Crippen LogP contribution is -2.39. The van der Waals surface area contributed by atoms with Crippen LogP contribution in [0, 0.1) is 24.5 Å². The number of ether oxygens (including phenoxy) is 1. The fourth-order valence-corrected chi connectivity index (χ4v) is 4.15. The van der Waals surface area contributed by atoms with Crippen LogP contribution in [0.25, 0.3) is 0 Å². The third-order valence-electron chi connectivity index (χ3n) is 5.05. The molecule has 1 aromatic heterocycles. The minimum atomic E-state index is -0.639. The molecule has 1 saturated heterocycles. The number of piperidine rings is 1. The van der Waals surface area contributed by atoms with Gasteiger partial charge in [0.15, 0.2) is 11.6 Å². The average molecular weight is 466 g/mol. The average Bonchev–Trinajstić information content (AvgIpc) is 2.76. The molecule has 1 N–H and O–H groups in total. The number of amides is 1. The van der Waals surface area contributed by atoms with E-state index in [-0.39, 0.29) is 5.75 Å². The van der Waals surface area contributed by atoms with Gasteiger partial charge in [-0.3, -0.25) is 9.78 Å². The molecule has 0 saturated carbocycles. The monoisotopic (exact) mass is 465 g/mol. The molecule has 0 unspecified atom stereocenters. The summed E-state index contributed by atoms with van der Waals surface area (Å²) in [4.78, 5) is 15.7. The predicted molar refractivity (Wildman–Crippen MR) is 125 cm³/mol. The summed E-state index contributed by atoms with van der Waals surface area (Å²) in [5.74, 6) is -0.478. The van der Waals surface area contributed by atoms with E-state index in [9.17, 15) is 13.6 Å². The van der Waals surface area contributed by atoms with Crippen molar-refractivity contribution in [3.8, 4) is 5.75 Å². The molecule has 1 aliphatic heterocycles. The molecule has 2 heterocycles. The maximum atomic E-state index is 13.1. The third kappa shape index (κ3) is 9.53. The second-order valence-electron chi connectivity index (χ2n) is 8.18. The molecule has 1 amide bonds. The maximum Gasteiger partial charge on any atom is 0.207 e. The van der Waals surface area contributed by atoms with Crippen molar-refractivity contribution < 1.29 is 18.3 Å². The van der Waals surface area contributed by atoms with E-state index in [0.717, 1.165) is 51.2 Å². The van der Waals surface area contributed by atoms with Gasteiger partial charge < -0.3 is 10.1 Å². The Morgan fingerprint density at radius 2 is 2.03 bits per heavy atom. The molecule has 32 heavy (non-hydrogen) atoms. The molecule has 0 spiro atoms. The lowest BCUT2D eigenvalue weighted by atomic mass is 10.1. The molecule has 1 aliphatic rings. The number of hydrogen-bond donors (Lipinski definition) is 1. The van der Waals surface area contributed by atoms with Crippen LogP contribution in [0.4, 0.5) is 8.78 Å². The van der Waals surface area contributed by atoms with Gasteiger partial charge in [-0.25, -0.2) is 13.1 Å². The number of pyridine rings is 1. The van der Waals surface area contributed by atoms with E-state index in [1.54, 1.807) is 11.9 Å². The first kappa shape index (κ1) is 26.1. The molecule has 5 nitrogen and oxygen atoms in total. The number of halogens is 2. The molecule has 1 aromatic carbocycles. The van der Waals surface area contributed by atoms with Gasteiger partial charge in [0, 0.05) is 42.5 Å². The number of nitrogens with one attached hydrogen (secondary N) is 1. The minimum Gasteiger partial charge on any atom is -0.491 e. The Balaban J connectivity index is 0.000000229. The maximum absolute atomic E-state index is 13.1. The fourth-order valence-electron chi connectivity index (χ4n) is 3.16. The molecule has 0 bridgehead atoms. The molecular weight excluding hydrogens is 432 g/mol. The number of carbonyl (C=O) groups excluding carboxylic acids is 1. The quantitative estimate of drug-likeness (QED) is 0.306.